The van der Waals surface area contributed by atoms with Gasteiger partial charge in [-0.2, -0.15) is 0 Å². The van der Waals surface area contributed by atoms with Crippen molar-refractivity contribution in [1.29, 1.82) is 0 Å². The van der Waals surface area contributed by atoms with Gasteiger partial charge in [0, 0.05) is 37.9 Å². The van der Waals surface area contributed by atoms with Crippen molar-refractivity contribution in [2.75, 3.05) is 37.4 Å². The lowest BCUT2D eigenvalue weighted by Gasteiger charge is -2.27. The Morgan fingerprint density at radius 3 is 2.86 bits per heavy atom. The van der Waals surface area contributed by atoms with Crippen LogP contribution in [0.1, 0.15) is 12.2 Å². The molecule has 3 aromatic rings. The van der Waals surface area contributed by atoms with Gasteiger partial charge in [-0.25, -0.2) is 15.0 Å². The van der Waals surface area contributed by atoms with E-state index >= 15 is 0 Å². The fourth-order valence-electron chi connectivity index (χ4n) is 3.89. The van der Waals surface area contributed by atoms with E-state index in [0.29, 0.717) is 6.54 Å². The minimum Gasteiger partial charge on any atom is -0.391 e. The molecule has 0 saturated carbocycles. The number of anilines is 3. The van der Waals surface area contributed by atoms with Crippen LogP contribution in [0, 0.1) is 6.92 Å². The van der Waals surface area contributed by atoms with Gasteiger partial charge in [0.2, 0.25) is 0 Å². The first-order valence-corrected chi connectivity index (χ1v) is 9.52. The van der Waals surface area contributed by atoms with E-state index in [-0.39, 0.29) is 12.1 Å². The van der Waals surface area contributed by atoms with Crippen molar-refractivity contribution in [2.45, 2.75) is 25.5 Å². The normalized spacial score (nSPS) is 19.7. The number of hydrogen-bond acceptors (Lipinski definition) is 7. The molecule has 2 aromatic heterocycles. The second kappa shape index (κ2) is 7.37. The summed E-state index contributed by atoms with van der Waals surface area (Å²) in [6.45, 7) is 3.46. The molecule has 0 amide bonds. The average Bonchev–Trinajstić information content (AvgIpc) is 3.14. The van der Waals surface area contributed by atoms with E-state index in [1.54, 1.807) is 6.33 Å². The molecule has 1 aromatic carbocycles. The summed E-state index contributed by atoms with van der Waals surface area (Å²) in [4.78, 5) is 17.7. The van der Waals surface area contributed by atoms with E-state index in [9.17, 15) is 5.11 Å². The molecule has 1 saturated heterocycles. The fraction of sp³-hybridized carbons (Fsp3) is 0.450. The number of aryl methyl sites for hydroxylation is 2. The van der Waals surface area contributed by atoms with Crippen molar-refractivity contribution in [3.05, 3.63) is 36.4 Å². The molecule has 8 heteroatoms. The first-order valence-electron chi connectivity index (χ1n) is 9.52. The van der Waals surface area contributed by atoms with Crippen LogP contribution in [0.15, 0.2) is 30.6 Å². The van der Waals surface area contributed by atoms with Crippen molar-refractivity contribution >= 4 is 28.4 Å². The molecule has 0 spiro atoms. The molecule has 1 fully saturated rings. The monoisotopic (exact) mass is 381 g/mol. The second-order valence-corrected chi connectivity index (χ2v) is 7.77. The van der Waals surface area contributed by atoms with Crippen molar-refractivity contribution in [1.82, 2.24) is 24.4 Å². The van der Waals surface area contributed by atoms with E-state index in [1.165, 1.54) is 0 Å². The van der Waals surface area contributed by atoms with E-state index in [2.05, 4.69) is 40.7 Å². The van der Waals surface area contributed by atoms with Gasteiger partial charge in [-0.05, 0) is 45.6 Å². The number of aliphatic hydroxyl groups is 1. The van der Waals surface area contributed by atoms with E-state index in [4.69, 9.17) is 0 Å². The molecule has 0 radical (unpaired) electrons. The molecular formula is C20H27N7O. The molecule has 28 heavy (non-hydrogen) atoms. The Morgan fingerprint density at radius 2 is 2.07 bits per heavy atom. The second-order valence-electron chi connectivity index (χ2n) is 7.77. The van der Waals surface area contributed by atoms with Gasteiger partial charge in [0.25, 0.3) is 0 Å². The number of aliphatic hydroxyl groups excluding tert-OH is 1. The van der Waals surface area contributed by atoms with Gasteiger partial charge in [0.15, 0.2) is 0 Å². The first kappa shape index (κ1) is 18.6. The van der Waals surface area contributed by atoms with Crippen LogP contribution in [0.4, 0.5) is 17.3 Å². The average molecular weight is 381 g/mol. The number of aromatic nitrogens is 4. The predicted octanol–water partition coefficient (Wildman–Crippen LogP) is 1.92. The van der Waals surface area contributed by atoms with Crippen molar-refractivity contribution < 1.29 is 5.11 Å². The van der Waals surface area contributed by atoms with Gasteiger partial charge in [0.1, 0.15) is 23.8 Å². The molecule has 148 valence electrons. The minimum absolute atomic E-state index is 0.237. The highest BCUT2D eigenvalue weighted by Crippen LogP contribution is 2.27. The largest absolute Gasteiger partial charge is 0.391 e. The molecule has 3 heterocycles. The van der Waals surface area contributed by atoms with Crippen LogP contribution >= 0.6 is 0 Å². The van der Waals surface area contributed by atoms with Crippen LogP contribution < -0.4 is 10.2 Å². The quantitative estimate of drug-likeness (QED) is 0.699. The number of imidazole rings is 1. The Hall–Kier alpha value is -2.71. The summed E-state index contributed by atoms with van der Waals surface area (Å²) in [5, 5.41) is 13.5. The van der Waals surface area contributed by atoms with Crippen LogP contribution in [0.25, 0.3) is 11.0 Å². The van der Waals surface area contributed by atoms with E-state index < -0.39 is 0 Å². The third-order valence-electron chi connectivity index (χ3n) is 5.29. The lowest BCUT2D eigenvalue weighted by molar-refractivity contribution is 0.191. The number of benzene rings is 1. The molecule has 1 aliphatic rings. The molecule has 0 bridgehead atoms. The fourth-order valence-corrected chi connectivity index (χ4v) is 3.89. The SMILES string of the molecule is Cc1nc2cc(Nc3cc(N4C[C@H](O)C[C@@H]4CN(C)C)ncn3)ccc2n1C. The standard InChI is InChI=1S/C20H27N7O/c1-13-23-17-7-14(5-6-18(17)26(13)4)24-19-9-20(22-12-21-19)27-11-16(28)8-15(27)10-25(2)3/h5-7,9,12,15-16,28H,8,10-11H2,1-4H3,(H,21,22,24)/t15-,16-/m1/s1. The van der Waals surface area contributed by atoms with Crippen LogP contribution in [0.2, 0.25) is 0 Å². The summed E-state index contributed by atoms with van der Waals surface area (Å²) in [6, 6.07) is 8.29. The zero-order valence-corrected chi connectivity index (χ0v) is 16.8. The van der Waals surface area contributed by atoms with Gasteiger partial charge in [-0.1, -0.05) is 0 Å². The van der Waals surface area contributed by atoms with Crippen molar-refractivity contribution in [3.63, 3.8) is 0 Å². The van der Waals surface area contributed by atoms with Gasteiger partial charge in [-0.15, -0.1) is 0 Å². The summed E-state index contributed by atoms with van der Waals surface area (Å²) in [7, 11) is 6.11. The maximum atomic E-state index is 10.1. The highest BCUT2D eigenvalue weighted by atomic mass is 16.3. The smallest absolute Gasteiger partial charge is 0.135 e. The van der Waals surface area contributed by atoms with E-state index in [0.717, 1.165) is 47.1 Å². The highest BCUT2D eigenvalue weighted by Gasteiger charge is 2.32. The van der Waals surface area contributed by atoms with Crippen LogP contribution in [0.5, 0.6) is 0 Å². The number of β-amino-alcohol motifs (C(OH)–C–C–N with tert-alkyl or cyclic N) is 1. The van der Waals surface area contributed by atoms with Gasteiger partial charge >= 0.3 is 0 Å². The number of hydrogen-bond donors (Lipinski definition) is 2. The molecule has 2 atom stereocenters. The molecule has 0 unspecified atom stereocenters. The van der Waals surface area contributed by atoms with Crippen LogP contribution in [-0.4, -0.2) is 68.9 Å². The maximum Gasteiger partial charge on any atom is 0.135 e. The Kier molecular flexibility index (Phi) is 4.91. The molecule has 1 aliphatic heterocycles. The molecule has 4 rings (SSSR count). The zero-order valence-electron chi connectivity index (χ0n) is 16.8. The maximum absolute atomic E-state index is 10.1. The van der Waals surface area contributed by atoms with Gasteiger partial charge < -0.3 is 24.8 Å². The number of nitrogens with one attached hydrogen (secondary N) is 1. The Bertz CT molecular complexity index is 984. The van der Waals surface area contributed by atoms with Crippen molar-refractivity contribution in [2.24, 2.45) is 7.05 Å². The highest BCUT2D eigenvalue weighted by molar-refractivity contribution is 5.81. The Labute approximate surface area is 164 Å². The summed E-state index contributed by atoms with van der Waals surface area (Å²) in [5.41, 5.74) is 2.98. The Balaban J connectivity index is 1.57. The first-order chi connectivity index (χ1) is 13.4. The number of likely N-dealkylation sites (N-methyl/N-ethyl adjacent to an activating group) is 1. The van der Waals surface area contributed by atoms with Gasteiger partial charge in [0.05, 0.1) is 17.1 Å². The number of nitrogens with zero attached hydrogens (tertiary/aromatic N) is 6. The molecule has 8 nitrogen and oxygen atoms in total. The third-order valence-corrected chi connectivity index (χ3v) is 5.29. The number of rotatable bonds is 5. The third kappa shape index (κ3) is 3.65. The zero-order chi connectivity index (χ0) is 19.8. The molecular weight excluding hydrogens is 354 g/mol. The molecule has 0 aliphatic carbocycles. The van der Waals surface area contributed by atoms with Crippen LogP contribution in [0.3, 0.4) is 0 Å². The summed E-state index contributed by atoms with van der Waals surface area (Å²) in [6.07, 6.45) is 1.99. The molecule has 2 N–H and O–H groups in total. The summed E-state index contributed by atoms with van der Waals surface area (Å²) in [5.74, 6) is 2.54. The minimum atomic E-state index is -0.328. The van der Waals surface area contributed by atoms with Crippen molar-refractivity contribution in [3.8, 4) is 0 Å². The van der Waals surface area contributed by atoms with Crippen LogP contribution in [-0.2, 0) is 7.05 Å². The lowest BCUT2D eigenvalue weighted by Crippen LogP contribution is -2.38. The topological polar surface area (TPSA) is 82.3 Å². The summed E-state index contributed by atoms with van der Waals surface area (Å²) >= 11 is 0. The summed E-state index contributed by atoms with van der Waals surface area (Å²) < 4.78 is 2.07. The van der Waals surface area contributed by atoms with Gasteiger partial charge in [-0.3, -0.25) is 0 Å². The van der Waals surface area contributed by atoms with E-state index in [1.807, 2.05) is 46.3 Å². The Morgan fingerprint density at radius 1 is 1.25 bits per heavy atom. The lowest BCUT2D eigenvalue weighted by atomic mass is 10.2. The predicted molar refractivity (Wildman–Crippen MR) is 111 cm³/mol. The number of fused-ring (bicyclic) bond motifs is 1.